The monoisotopic (exact) mass is 252 g/mol. The van der Waals surface area contributed by atoms with Crippen LogP contribution in [-0.4, -0.2) is 30.4 Å². The molecule has 17 heavy (non-hydrogen) atoms. The fourth-order valence-corrected chi connectivity index (χ4v) is 3.19. The van der Waals surface area contributed by atoms with E-state index in [0.29, 0.717) is 6.04 Å². The van der Waals surface area contributed by atoms with Crippen LogP contribution in [0.15, 0.2) is 17.5 Å². The summed E-state index contributed by atoms with van der Waals surface area (Å²) in [5.74, 6) is 0.408. The second kappa shape index (κ2) is 5.19. The Balaban J connectivity index is 2.04. The molecule has 94 valence electrons. The maximum Gasteiger partial charge on any atom is 0.227 e. The van der Waals surface area contributed by atoms with Crippen LogP contribution in [0.1, 0.15) is 31.2 Å². The molecular weight excluding hydrogens is 232 g/mol. The quantitative estimate of drug-likeness (QED) is 0.895. The molecule has 2 rings (SSSR count). The molecular formula is C13H20N2OS. The van der Waals surface area contributed by atoms with Gasteiger partial charge in [-0.15, -0.1) is 11.3 Å². The van der Waals surface area contributed by atoms with Gasteiger partial charge in [0.05, 0.1) is 12.0 Å². The summed E-state index contributed by atoms with van der Waals surface area (Å²) in [6.07, 6.45) is 0.960. The maximum atomic E-state index is 12.4. The normalized spacial score (nSPS) is 25.8. The third-order valence-corrected chi connectivity index (χ3v) is 4.77. The summed E-state index contributed by atoms with van der Waals surface area (Å²) in [5, 5.41) is 5.39. The number of thiophene rings is 1. The first-order valence-corrected chi connectivity index (χ1v) is 7.02. The highest BCUT2D eigenvalue weighted by atomic mass is 32.1. The van der Waals surface area contributed by atoms with Crippen molar-refractivity contribution >= 4 is 17.2 Å². The van der Waals surface area contributed by atoms with E-state index in [9.17, 15) is 4.79 Å². The van der Waals surface area contributed by atoms with E-state index in [4.69, 9.17) is 0 Å². The zero-order chi connectivity index (χ0) is 12.4. The van der Waals surface area contributed by atoms with Crippen LogP contribution in [0, 0.1) is 5.92 Å². The maximum absolute atomic E-state index is 12.4. The largest absolute Gasteiger partial charge is 0.338 e. The molecule has 0 bridgehead atoms. The minimum absolute atomic E-state index is 0.141. The molecule has 1 N–H and O–H groups in total. The van der Waals surface area contributed by atoms with Gasteiger partial charge in [0, 0.05) is 18.0 Å². The van der Waals surface area contributed by atoms with Crippen molar-refractivity contribution in [1.82, 2.24) is 10.2 Å². The fraction of sp³-hybridized carbons (Fsp3) is 0.615. The van der Waals surface area contributed by atoms with Crippen molar-refractivity contribution in [3.63, 3.8) is 0 Å². The van der Waals surface area contributed by atoms with Crippen molar-refractivity contribution < 1.29 is 4.79 Å². The molecule has 1 aliphatic heterocycles. The van der Waals surface area contributed by atoms with E-state index in [0.717, 1.165) is 13.0 Å². The number of carbonyl (C=O) groups is 1. The third kappa shape index (κ3) is 2.53. The molecule has 2 heterocycles. The first-order chi connectivity index (χ1) is 8.11. The molecule has 3 nitrogen and oxygen atoms in total. The van der Waals surface area contributed by atoms with Gasteiger partial charge in [-0.05, 0) is 38.3 Å². The molecule has 0 spiro atoms. The molecule has 3 atom stereocenters. The number of amides is 1. The van der Waals surface area contributed by atoms with Crippen molar-refractivity contribution in [1.29, 1.82) is 0 Å². The minimum atomic E-state index is 0.141. The SMILES string of the molecule is CC1NCCC1C(=O)N(C)C(C)c1cccs1. The van der Waals surface area contributed by atoms with E-state index in [-0.39, 0.29) is 17.9 Å². The van der Waals surface area contributed by atoms with E-state index >= 15 is 0 Å². The number of rotatable bonds is 3. The highest BCUT2D eigenvalue weighted by molar-refractivity contribution is 7.10. The lowest BCUT2D eigenvalue weighted by Gasteiger charge is -2.28. The highest BCUT2D eigenvalue weighted by Crippen LogP contribution is 2.27. The average Bonchev–Trinajstić information content (AvgIpc) is 2.96. The number of carbonyl (C=O) groups excluding carboxylic acids is 1. The van der Waals surface area contributed by atoms with Crippen molar-refractivity contribution in [2.24, 2.45) is 5.92 Å². The van der Waals surface area contributed by atoms with Crippen LogP contribution in [-0.2, 0) is 4.79 Å². The van der Waals surface area contributed by atoms with Crippen LogP contribution >= 0.6 is 11.3 Å². The molecule has 1 amide bonds. The van der Waals surface area contributed by atoms with Gasteiger partial charge in [-0.25, -0.2) is 0 Å². The van der Waals surface area contributed by atoms with Gasteiger partial charge in [0.15, 0.2) is 0 Å². The van der Waals surface area contributed by atoms with E-state index in [1.807, 2.05) is 18.0 Å². The molecule has 0 saturated carbocycles. The molecule has 0 aliphatic carbocycles. The predicted molar refractivity (Wildman–Crippen MR) is 71.1 cm³/mol. The van der Waals surface area contributed by atoms with Crippen LogP contribution in [0.4, 0.5) is 0 Å². The smallest absolute Gasteiger partial charge is 0.227 e. The van der Waals surface area contributed by atoms with E-state index < -0.39 is 0 Å². The third-order valence-electron chi connectivity index (χ3n) is 3.73. The summed E-state index contributed by atoms with van der Waals surface area (Å²) < 4.78 is 0. The van der Waals surface area contributed by atoms with Crippen LogP contribution in [0.25, 0.3) is 0 Å². The Morgan fingerprint density at radius 3 is 2.94 bits per heavy atom. The Bertz CT molecular complexity index is 377. The summed E-state index contributed by atoms with van der Waals surface area (Å²) in [7, 11) is 1.91. The topological polar surface area (TPSA) is 32.3 Å². The zero-order valence-electron chi connectivity index (χ0n) is 10.6. The number of hydrogen-bond donors (Lipinski definition) is 1. The van der Waals surface area contributed by atoms with Gasteiger partial charge < -0.3 is 10.2 Å². The lowest BCUT2D eigenvalue weighted by atomic mass is 10.00. The van der Waals surface area contributed by atoms with Crippen LogP contribution < -0.4 is 5.32 Å². The van der Waals surface area contributed by atoms with Gasteiger partial charge in [0.1, 0.15) is 0 Å². The predicted octanol–water partition coefficient (Wildman–Crippen LogP) is 2.27. The molecule has 1 aromatic heterocycles. The summed E-state index contributed by atoms with van der Waals surface area (Å²) in [4.78, 5) is 15.5. The molecule has 1 saturated heterocycles. The number of nitrogens with one attached hydrogen (secondary N) is 1. The van der Waals surface area contributed by atoms with E-state index in [1.54, 1.807) is 11.3 Å². The summed E-state index contributed by atoms with van der Waals surface area (Å²) in [6.45, 7) is 5.15. The van der Waals surface area contributed by atoms with Gasteiger partial charge >= 0.3 is 0 Å². The second-order valence-electron chi connectivity index (χ2n) is 4.78. The molecule has 1 aliphatic rings. The van der Waals surface area contributed by atoms with Crippen LogP contribution in [0.3, 0.4) is 0 Å². The van der Waals surface area contributed by atoms with Gasteiger partial charge in [0.2, 0.25) is 5.91 Å². The molecule has 3 unspecified atom stereocenters. The number of nitrogens with zero attached hydrogens (tertiary/aromatic N) is 1. The summed E-state index contributed by atoms with van der Waals surface area (Å²) in [6, 6.07) is 4.61. The Labute approximate surface area is 107 Å². The minimum Gasteiger partial charge on any atom is -0.338 e. The van der Waals surface area contributed by atoms with Gasteiger partial charge in [-0.1, -0.05) is 6.07 Å². The van der Waals surface area contributed by atoms with Crippen molar-refractivity contribution in [2.45, 2.75) is 32.4 Å². The standard InChI is InChI=1S/C13H20N2OS/c1-9-11(6-7-14-9)13(16)15(3)10(2)12-5-4-8-17-12/h4-5,8-11,14H,6-7H2,1-3H3. The molecule has 1 aromatic rings. The molecule has 1 fully saturated rings. The summed E-state index contributed by atoms with van der Waals surface area (Å²) in [5.41, 5.74) is 0. The Hall–Kier alpha value is -0.870. The van der Waals surface area contributed by atoms with Crippen molar-refractivity contribution in [3.05, 3.63) is 22.4 Å². The first-order valence-electron chi connectivity index (χ1n) is 6.14. The Morgan fingerprint density at radius 1 is 1.65 bits per heavy atom. The first kappa shape index (κ1) is 12.6. The fourth-order valence-electron chi connectivity index (χ4n) is 2.37. The van der Waals surface area contributed by atoms with Gasteiger partial charge in [-0.2, -0.15) is 0 Å². The second-order valence-corrected chi connectivity index (χ2v) is 5.76. The zero-order valence-corrected chi connectivity index (χ0v) is 11.5. The van der Waals surface area contributed by atoms with E-state index in [2.05, 4.69) is 30.6 Å². The Kier molecular flexibility index (Phi) is 3.84. The van der Waals surface area contributed by atoms with Gasteiger partial charge in [0.25, 0.3) is 0 Å². The number of hydrogen-bond acceptors (Lipinski definition) is 3. The summed E-state index contributed by atoms with van der Waals surface area (Å²) >= 11 is 1.71. The molecule has 0 radical (unpaired) electrons. The van der Waals surface area contributed by atoms with Crippen molar-refractivity contribution in [3.8, 4) is 0 Å². The lowest BCUT2D eigenvalue weighted by molar-refractivity contribution is -0.136. The van der Waals surface area contributed by atoms with Crippen LogP contribution in [0.2, 0.25) is 0 Å². The lowest BCUT2D eigenvalue weighted by Crippen LogP contribution is -2.39. The van der Waals surface area contributed by atoms with Gasteiger partial charge in [-0.3, -0.25) is 4.79 Å². The highest BCUT2D eigenvalue weighted by Gasteiger charge is 2.33. The molecule has 0 aromatic carbocycles. The average molecular weight is 252 g/mol. The molecule has 4 heteroatoms. The Morgan fingerprint density at radius 2 is 2.41 bits per heavy atom. The van der Waals surface area contributed by atoms with Crippen molar-refractivity contribution in [2.75, 3.05) is 13.6 Å². The van der Waals surface area contributed by atoms with E-state index in [1.165, 1.54) is 4.88 Å². The van der Waals surface area contributed by atoms with Crippen LogP contribution in [0.5, 0.6) is 0 Å².